The van der Waals surface area contributed by atoms with Gasteiger partial charge in [-0.05, 0) is 24.3 Å². The minimum absolute atomic E-state index is 0.0642. The average Bonchev–Trinajstić information content (AvgIpc) is 3.33. The molecule has 138 valence electrons. The number of benzene rings is 1. The number of amides is 1. The molecule has 0 radical (unpaired) electrons. The topological polar surface area (TPSA) is 58.8 Å². The molecule has 0 aliphatic carbocycles. The van der Waals surface area contributed by atoms with Crippen LogP contribution in [0.25, 0.3) is 11.0 Å². The van der Waals surface area contributed by atoms with E-state index in [-0.39, 0.29) is 18.2 Å². The number of hydrogen-bond donors (Lipinski definition) is 0. The predicted molar refractivity (Wildman–Crippen MR) is 100 cm³/mol. The standard InChI is InChI=1S/C21H21N3O3/c25-21-24(10-8-16-6-3-4-9-22-16)18-13-23(14-20(18)27-21)12-17-11-15-5-1-2-7-19(15)26-17/h1-7,9,11,18,20H,8,10,12-14H2/t18-,20+/m0/s1. The largest absolute Gasteiger partial charge is 0.460 e. The molecule has 0 spiro atoms. The molecule has 2 fully saturated rings. The number of ether oxygens (including phenoxy) is 1. The van der Waals surface area contributed by atoms with Crippen LogP contribution in [-0.4, -0.2) is 52.7 Å². The fourth-order valence-corrected chi connectivity index (χ4v) is 4.08. The first kappa shape index (κ1) is 16.3. The van der Waals surface area contributed by atoms with Crippen molar-refractivity contribution < 1.29 is 13.9 Å². The number of aromatic nitrogens is 1. The van der Waals surface area contributed by atoms with Gasteiger partial charge in [-0.1, -0.05) is 24.3 Å². The smallest absolute Gasteiger partial charge is 0.410 e. The second kappa shape index (κ2) is 6.70. The number of nitrogens with zero attached hydrogens (tertiary/aromatic N) is 3. The number of hydrogen-bond acceptors (Lipinski definition) is 5. The highest BCUT2D eigenvalue weighted by Crippen LogP contribution is 2.29. The van der Waals surface area contributed by atoms with Gasteiger partial charge < -0.3 is 9.15 Å². The van der Waals surface area contributed by atoms with Crippen molar-refractivity contribution in [2.24, 2.45) is 0 Å². The van der Waals surface area contributed by atoms with Crippen LogP contribution in [0.3, 0.4) is 0 Å². The Hall–Kier alpha value is -2.86. The van der Waals surface area contributed by atoms with E-state index in [4.69, 9.17) is 9.15 Å². The van der Waals surface area contributed by atoms with Crippen LogP contribution in [0, 0.1) is 0 Å². The molecule has 27 heavy (non-hydrogen) atoms. The molecule has 3 aromatic rings. The number of carbonyl (C=O) groups excluding carboxylic acids is 1. The molecule has 2 atom stereocenters. The Morgan fingerprint density at radius 3 is 2.85 bits per heavy atom. The lowest BCUT2D eigenvalue weighted by Gasteiger charge is -2.21. The van der Waals surface area contributed by atoms with Crippen molar-refractivity contribution in [3.05, 3.63) is 66.2 Å². The fraction of sp³-hybridized carbons (Fsp3) is 0.333. The SMILES string of the molecule is O=C1O[C@@H]2CN(Cc3cc4ccccc4o3)C[C@@H]2N1CCc1ccccn1. The Kier molecular flexibility index (Phi) is 4.05. The summed E-state index contributed by atoms with van der Waals surface area (Å²) in [5.41, 5.74) is 1.90. The highest BCUT2D eigenvalue weighted by atomic mass is 16.6. The summed E-state index contributed by atoms with van der Waals surface area (Å²) in [5, 5.41) is 1.12. The van der Waals surface area contributed by atoms with Gasteiger partial charge in [-0.3, -0.25) is 14.8 Å². The first-order chi connectivity index (χ1) is 13.3. The van der Waals surface area contributed by atoms with E-state index in [1.165, 1.54) is 0 Å². The van der Waals surface area contributed by atoms with Gasteiger partial charge >= 0.3 is 6.09 Å². The molecule has 1 amide bonds. The molecule has 0 unspecified atom stereocenters. The van der Waals surface area contributed by atoms with Crippen LogP contribution >= 0.6 is 0 Å². The van der Waals surface area contributed by atoms with Crippen molar-refractivity contribution >= 4 is 17.1 Å². The zero-order valence-corrected chi connectivity index (χ0v) is 15.0. The summed E-state index contributed by atoms with van der Waals surface area (Å²) < 4.78 is 11.5. The fourth-order valence-electron chi connectivity index (χ4n) is 4.08. The van der Waals surface area contributed by atoms with Crippen molar-refractivity contribution in [2.45, 2.75) is 25.1 Å². The van der Waals surface area contributed by atoms with Crippen LogP contribution in [0.15, 0.2) is 59.1 Å². The maximum Gasteiger partial charge on any atom is 0.410 e. The van der Waals surface area contributed by atoms with Gasteiger partial charge in [0.05, 0.1) is 12.6 Å². The van der Waals surface area contributed by atoms with Crippen LogP contribution in [0.2, 0.25) is 0 Å². The van der Waals surface area contributed by atoms with Gasteiger partial charge in [0.15, 0.2) is 0 Å². The summed E-state index contributed by atoms with van der Waals surface area (Å²) in [7, 11) is 0. The normalized spacial score (nSPS) is 22.4. The molecular formula is C21H21N3O3. The first-order valence-electron chi connectivity index (χ1n) is 9.33. The minimum atomic E-state index is -0.204. The first-order valence-corrected chi connectivity index (χ1v) is 9.33. The van der Waals surface area contributed by atoms with E-state index in [1.807, 2.05) is 41.3 Å². The number of pyridine rings is 1. The molecule has 4 heterocycles. The van der Waals surface area contributed by atoms with Gasteiger partial charge in [-0.2, -0.15) is 0 Å². The van der Waals surface area contributed by atoms with E-state index in [1.54, 1.807) is 6.20 Å². The molecule has 2 aliphatic rings. The number of likely N-dealkylation sites (tertiary alicyclic amines) is 1. The van der Waals surface area contributed by atoms with Gasteiger partial charge in [0, 0.05) is 43.3 Å². The third-order valence-corrected chi connectivity index (χ3v) is 5.39. The number of fused-ring (bicyclic) bond motifs is 2. The van der Waals surface area contributed by atoms with E-state index in [9.17, 15) is 4.79 Å². The van der Waals surface area contributed by atoms with Gasteiger partial charge in [-0.25, -0.2) is 4.79 Å². The number of rotatable bonds is 5. The molecular weight excluding hydrogens is 342 g/mol. The molecule has 2 aliphatic heterocycles. The van der Waals surface area contributed by atoms with Crippen LogP contribution in [0.1, 0.15) is 11.5 Å². The van der Waals surface area contributed by atoms with Gasteiger partial charge in [0.2, 0.25) is 0 Å². The monoisotopic (exact) mass is 363 g/mol. The lowest BCUT2D eigenvalue weighted by molar-refractivity contribution is 0.119. The average molecular weight is 363 g/mol. The van der Waals surface area contributed by atoms with E-state index in [0.717, 1.165) is 48.5 Å². The van der Waals surface area contributed by atoms with Crippen molar-refractivity contribution in [3.63, 3.8) is 0 Å². The van der Waals surface area contributed by atoms with Gasteiger partial charge in [0.25, 0.3) is 0 Å². The second-order valence-electron chi connectivity index (χ2n) is 7.20. The molecule has 1 aromatic carbocycles. The second-order valence-corrected chi connectivity index (χ2v) is 7.20. The Bertz CT molecular complexity index is 922. The van der Waals surface area contributed by atoms with Crippen LogP contribution < -0.4 is 0 Å². The summed E-state index contributed by atoms with van der Waals surface area (Å²) in [6, 6.07) is 16.1. The Morgan fingerprint density at radius 2 is 2.00 bits per heavy atom. The summed E-state index contributed by atoms with van der Waals surface area (Å²) in [5.74, 6) is 0.947. The third kappa shape index (κ3) is 3.17. The zero-order valence-electron chi connectivity index (χ0n) is 15.0. The number of furan rings is 1. The Morgan fingerprint density at radius 1 is 1.11 bits per heavy atom. The molecule has 2 saturated heterocycles. The molecule has 2 aromatic heterocycles. The molecule has 6 heteroatoms. The summed E-state index contributed by atoms with van der Waals surface area (Å²) >= 11 is 0. The highest BCUT2D eigenvalue weighted by Gasteiger charge is 2.47. The highest BCUT2D eigenvalue weighted by molar-refractivity contribution is 5.77. The van der Waals surface area contributed by atoms with Crippen molar-refractivity contribution in [1.29, 1.82) is 0 Å². The molecule has 0 N–H and O–H groups in total. The van der Waals surface area contributed by atoms with Crippen molar-refractivity contribution in [2.75, 3.05) is 19.6 Å². The van der Waals surface area contributed by atoms with Crippen LogP contribution in [0.4, 0.5) is 4.79 Å². The van der Waals surface area contributed by atoms with Crippen LogP contribution in [0.5, 0.6) is 0 Å². The Labute approximate surface area is 157 Å². The number of para-hydroxylation sites is 1. The maximum atomic E-state index is 12.2. The maximum absolute atomic E-state index is 12.2. The summed E-state index contributed by atoms with van der Waals surface area (Å²) in [6.07, 6.45) is 2.25. The van der Waals surface area contributed by atoms with E-state index < -0.39 is 0 Å². The lowest BCUT2D eigenvalue weighted by atomic mass is 10.2. The third-order valence-electron chi connectivity index (χ3n) is 5.39. The number of carbonyl (C=O) groups is 1. The zero-order chi connectivity index (χ0) is 18.2. The molecule has 0 saturated carbocycles. The quantitative estimate of drug-likeness (QED) is 0.697. The van der Waals surface area contributed by atoms with E-state index >= 15 is 0 Å². The summed E-state index contributed by atoms with van der Waals surface area (Å²) in [6.45, 7) is 2.91. The van der Waals surface area contributed by atoms with Crippen molar-refractivity contribution in [3.8, 4) is 0 Å². The molecule has 6 nitrogen and oxygen atoms in total. The van der Waals surface area contributed by atoms with E-state index in [0.29, 0.717) is 6.54 Å². The van der Waals surface area contributed by atoms with Gasteiger partial charge in [0.1, 0.15) is 17.4 Å². The van der Waals surface area contributed by atoms with Crippen LogP contribution in [-0.2, 0) is 17.7 Å². The van der Waals surface area contributed by atoms with Gasteiger partial charge in [-0.15, -0.1) is 0 Å². The predicted octanol–water partition coefficient (Wildman–Crippen LogP) is 3.08. The van der Waals surface area contributed by atoms with E-state index in [2.05, 4.69) is 22.0 Å². The summed E-state index contributed by atoms with van der Waals surface area (Å²) in [4.78, 5) is 20.7. The van der Waals surface area contributed by atoms with Crippen molar-refractivity contribution in [1.82, 2.24) is 14.8 Å². The molecule has 5 rings (SSSR count). The Balaban J connectivity index is 1.24. The molecule has 0 bridgehead atoms. The lowest BCUT2D eigenvalue weighted by Crippen LogP contribution is -2.39. The minimum Gasteiger partial charge on any atom is -0.460 e.